The van der Waals surface area contributed by atoms with Gasteiger partial charge >= 0.3 is 0 Å². The van der Waals surface area contributed by atoms with Crippen LogP contribution in [0, 0.1) is 0 Å². The summed E-state index contributed by atoms with van der Waals surface area (Å²) in [4.78, 5) is 24.8. The lowest BCUT2D eigenvalue weighted by Gasteiger charge is -2.07. The molecule has 2 aromatic carbocycles. The van der Waals surface area contributed by atoms with Crippen LogP contribution in [0.2, 0.25) is 5.02 Å². The highest BCUT2D eigenvalue weighted by molar-refractivity contribution is 6.30. The van der Waals surface area contributed by atoms with Gasteiger partial charge in [0.15, 0.2) is 0 Å². The Morgan fingerprint density at radius 2 is 1.77 bits per heavy atom. The summed E-state index contributed by atoms with van der Waals surface area (Å²) in [6.45, 7) is 0.313. The Morgan fingerprint density at radius 3 is 2.51 bits per heavy atom. The molecule has 0 fully saturated rings. The van der Waals surface area contributed by atoms with Crippen LogP contribution in [-0.4, -0.2) is 31.8 Å². The van der Waals surface area contributed by atoms with E-state index in [0.717, 1.165) is 22.5 Å². The van der Waals surface area contributed by atoms with Gasteiger partial charge in [-0.05, 0) is 48.0 Å². The van der Waals surface area contributed by atoms with Crippen LogP contribution in [-0.2, 0) is 6.54 Å². The lowest BCUT2D eigenvalue weighted by atomic mass is 10.1. The van der Waals surface area contributed by atoms with Crippen LogP contribution in [0.25, 0.3) is 16.9 Å². The zero-order valence-corrected chi connectivity index (χ0v) is 19.0. The second kappa shape index (κ2) is 9.70. The Labute approximate surface area is 204 Å². The average molecular weight is 487 g/mol. The van der Waals surface area contributed by atoms with Gasteiger partial charge in [0.1, 0.15) is 6.26 Å². The number of aromatic amines is 1. The van der Waals surface area contributed by atoms with Crippen molar-refractivity contribution in [1.82, 2.24) is 25.3 Å². The molecule has 9 nitrogen and oxygen atoms in total. The Hall–Kier alpha value is -4.63. The smallest absolute Gasteiger partial charge is 0.259 e. The van der Waals surface area contributed by atoms with Gasteiger partial charge in [0.05, 0.1) is 47.5 Å². The van der Waals surface area contributed by atoms with Crippen molar-refractivity contribution in [1.29, 1.82) is 0 Å². The number of furan rings is 1. The van der Waals surface area contributed by atoms with E-state index in [1.807, 2.05) is 12.1 Å². The maximum absolute atomic E-state index is 12.7. The standard InChI is InChI=1S/C25H19ClN6O3/c26-20-5-1-16(2-6-20)23-19(12-28-31-23)11-27-24(33)17-3-7-22(8-4-17)32-14-21(13-29-32)30-25(34)18-9-10-35-15-18/h1-10,12-15H,11H2,(H,27,33)(H,28,31)(H,30,34). The van der Waals surface area contributed by atoms with Gasteiger partial charge in [-0.3, -0.25) is 14.7 Å². The molecule has 0 aliphatic heterocycles. The van der Waals surface area contributed by atoms with E-state index in [9.17, 15) is 9.59 Å². The summed E-state index contributed by atoms with van der Waals surface area (Å²) >= 11 is 5.97. The van der Waals surface area contributed by atoms with Gasteiger partial charge in [-0.25, -0.2) is 4.68 Å². The Kier molecular flexibility index (Phi) is 6.15. The fourth-order valence-electron chi connectivity index (χ4n) is 3.48. The molecule has 0 spiro atoms. The first-order valence-electron chi connectivity index (χ1n) is 10.6. The largest absolute Gasteiger partial charge is 0.472 e. The molecule has 174 valence electrons. The van der Waals surface area contributed by atoms with Gasteiger partial charge in [0.25, 0.3) is 11.8 Å². The molecule has 2 amide bonds. The minimum absolute atomic E-state index is 0.215. The van der Waals surface area contributed by atoms with Crippen LogP contribution >= 0.6 is 11.6 Å². The number of hydrogen-bond donors (Lipinski definition) is 3. The van der Waals surface area contributed by atoms with E-state index in [2.05, 4.69) is 25.9 Å². The SMILES string of the molecule is O=C(NCc1cn[nH]c1-c1ccc(Cl)cc1)c1ccc(-n2cc(NC(=O)c3ccoc3)cn2)cc1. The van der Waals surface area contributed by atoms with Crippen LogP contribution in [0.1, 0.15) is 26.3 Å². The van der Waals surface area contributed by atoms with Crippen molar-refractivity contribution in [2.45, 2.75) is 6.54 Å². The van der Waals surface area contributed by atoms with E-state index in [1.54, 1.807) is 65.7 Å². The molecule has 35 heavy (non-hydrogen) atoms. The van der Waals surface area contributed by atoms with Crippen molar-refractivity contribution >= 4 is 29.1 Å². The second-order valence-corrected chi connectivity index (χ2v) is 8.08. The predicted molar refractivity (Wildman–Crippen MR) is 130 cm³/mol. The molecule has 0 aliphatic rings. The lowest BCUT2D eigenvalue weighted by Crippen LogP contribution is -2.22. The fraction of sp³-hybridized carbons (Fsp3) is 0.0400. The van der Waals surface area contributed by atoms with Crippen molar-refractivity contribution in [3.63, 3.8) is 0 Å². The molecule has 5 rings (SSSR count). The predicted octanol–water partition coefficient (Wildman–Crippen LogP) is 4.69. The van der Waals surface area contributed by atoms with Crippen molar-refractivity contribution in [2.75, 3.05) is 5.32 Å². The molecule has 3 N–H and O–H groups in total. The number of anilines is 1. The molecular weight excluding hydrogens is 468 g/mol. The molecule has 3 aromatic heterocycles. The molecule has 5 aromatic rings. The maximum atomic E-state index is 12.7. The number of H-pyrrole nitrogens is 1. The number of carbonyl (C=O) groups is 2. The zero-order chi connectivity index (χ0) is 24.2. The maximum Gasteiger partial charge on any atom is 0.259 e. The van der Waals surface area contributed by atoms with E-state index >= 15 is 0 Å². The number of carbonyl (C=O) groups excluding carboxylic acids is 2. The number of benzene rings is 2. The van der Waals surface area contributed by atoms with Crippen molar-refractivity contribution in [2.24, 2.45) is 0 Å². The average Bonchev–Trinajstić information content (AvgIpc) is 3.65. The van der Waals surface area contributed by atoms with E-state index in [1.165, 1.54) is 12.5 Å². The molecule has 3 heterocycles. The second-order valence-electron chi connectivity index (χ2n) is 7.65. The minimum atomic E-state index is -0.290. The number of hydrogen-bond acceptors (Lipinski definition) is 5. The van der Waals surface area contributed by atoms with Gasteiger partial charge in [0.2, 0.25) is 0 Å². The van der Waals surface area contributed by atoms with Crippen molar-refractivity contribution < 1.29 is 14.0 Å². The molecule has 0 unspecified atom stereocenters. The summed E-state index contributed by atoms with van der Waals surface area (Å²) in [7, 11) is 0. The van der Waals surface area contributed by atoms with Crippen molar-refractivity contribution in [3.8, 4) is 16.9 Å². The zero-order valence-electron chi connectivity index (χ0n) is 18.2. The topological polar surface area (TPSA) is 118 Å². The van der Waals surface area contributed by atoms with Gasteiger partial charge in [0, 0.05) is 22.7 Å². The molecule has 0 saturated carbocycles. The first-order valence-corrected chi connectivity index (χ1v) is 11.0. The molecule has 0 aliphatic carbocycles. The van der Waals surface area contributed by atoms with E-state index in [0.29, 0.717) is 28.4 Å². The Balaban J connectivity index is 1.21. The summed E-state index contributed by atoms with van der Waals surface area (Å²) < 4.78 is 6.53. The number of nitrogens with zero attached hydrogens (tertiary/aromatic N) is 3. The lowest BCUT2D eigenvalue weighted by molar-refractivity contribution is 0.0950. The highest BCUT2D eigenvalue weighted by Crippen LogP contribution is 2.23. The highest BCUT2D eigenvalue weighted by Gasteiger charge is 2.12. The van der Waals surface area contributed by atoms with Gasteiger partial charge in [-0.2, -0.15) is 10.2 Å². The van der Waals surface area contributed by atoms with Crippen LogP contribution in [0.4, 0.5) is 5.69 Å². The van der Waals surface area contributed by atoms with E-state index in [4.69, 9.17) is 16.0 Å². The molecule has 0 saturated heterocycles. The van der Waals surface area contributed by atoms with Gasteiger partial charge in [-0.1, -0.05) is 23.7 Å². The molecule has 0 radical (unpaired) electrons. The number of aromatic nitrogens is 4. The van der Waals surface area contributed by atoms with E-state index < -0.39 is 0 Å². The third-order valence-electron chi connectivity index (χ3n) is 5.31. The van der Waals surface area contributed by atoms with Crippen LogP contribution in [0.5, 0.6) is 0 Å². The van der Waals surface area contributed by atoms with Gasteiger partial charge < -0.3 is 15.1 Å². The monoisotopic (exact) mass is 486 g/mol. The summed E-state index contributed by atoms with van der Waals surface area (Å²) in [5.74, 6) is -0.504. The number of nitrogens with one attached hydrogen (secondary N) is 3. The molecule has 10 heteroatoms. The first-order chi connectivity index (χ1) is 17.1. The molecule has 0 atom stereocenters. The normalized spacial score (nSPS) is 10.8. The van der Waals surface area contributed by atoms with Crippen molar-refractivity contribution in [3.05, 3.63) is 107 Å². The summed E-state index contributed by atoms with van der Waals surface area (Å²) in [6, 6.07) is 16.0. The fourth-order valence-corrected chi connectivity index (χ4v) is 3.61. The van der Waals surface area contributed by atoms with Crippen LogP contribution in [0.15, 0.2) is 90.1 Å². The minimum Gasteiger partial charge on any atom is -0.472 e. The quantitative estimate of drug-likeness (QED) is 0.308. The number of halogens is 1. The summed E-state index contributed by atoms with van der Waals surface area (Å²) in [5.41, 5.74) is 4.82. The highest BCUT2D eigenvalue weighted by atomic mass is 35.5. The Morgan fingerprint density at radius 1 is 0.971 bits per heavy atom. The summed E-state index contributed by atoms with van der Waals surface area (Å²) in [6.07, 6.45) is 7.72. The summed E-state index contributed by atoms with van der Waals surface area (Å²) in [5, 5.41) is 17.7. The number of amides is 2. The van der Waals surface area contributed by atoms with E-state index in [-0.39, 0.29) is 11.8 Å². The number of rotatable bonds is 7. The molecular formula is C25H19ClN6O3. The van der Waals surface area contributed by atoms with Crippen LogP contribution < -0.4 is 10.6 Å². The first kappa shape index (κ1) is 22.2. The Bertz CT molecular complexity index is 1450. The molecule has 0 bridgehead atoms. The van der Waals surface area contributed by atoms with Gasteiger partial charge in [-0.15, -0.1) is 0 Å². The third kappa shape index (κ3) is 4.99. The third-order valence-corrected chi connectivity index (χ3v) is 5.56. The van der Waals surface area contributed by atoms with Crippen LogP contribution in [0.3, 0.4) is 0 Å².